The fraction of sp³-hybridized carbons (Fsp3) is 0.250. The largest absolute Gasteiger partial charge is 0.486 e. The first kappa shape index (κ1) is 12.9. The summed E-state index contributed by atoms with van der Waals surface area (Å²) < 4.78 is 31.0. The molecule has 2 N–H and O–H groups in total. The molecular formula is C12H12F2N2OS. The molecule has 1 aromatic carbocycles. The standard InChI is InChI=1S/C12H12F2N2OS/c13-10-2-1-8(5-11(10)14)17-7-12-16-6-9(18-12)3-4-15/h1-2,5-6H,3-4,7,15H2. The minimum Gasteiger partial charge on any atom is -0.486 e. The van der Waals surface area contributed by atoms with Gasteiger partial charge in [-0.3, -0.25) is 0 Å². The average molecular weight is 270 g/mol. The van der Waals surface area contributed by atoms with Gasteiger partial charge in [0.25, 0.3) is 0 Å². The zero-order valence-corrected chi connectivity index (χ0v) is 10.3. The van der Waals surface area contributed by atoms with Crippen LogP contribution in [-0.4, -0.2) is 11.5 Å². The number of halogens is 2. The summed E-state index contributed by atoms with van der Waals surface area (Å²) in [5, 5.41) is 0.781. The van der Waals surface area contributed by atoms with Crippen LogP contribution in [0.5, 0.6) is 5.75 Å². The van der Waals surface area contributed by atoms with Gasteiger partial charge in [-0.25, -0.2) is 13.8 Å². The van der Waals surface area contributed by atoms with Crippen LogP contribution in [0.4, 0.5) is 8.78 Å². The van der Waals surface area contributed by atoms with Crippen LogP contribution in [-0.2, 0) is 13.0 Å². The minimum atomic E-state index is -0.921. The van der Waals surface area contributed by atoms with E-state index < -0.39 is 11.6 Å². The summed E-state index contributed by atoms with van der Waals surface area (Å²) >= 11 is 1.50. The van der Waals surface area contributed by atoms with Gasteiger partial charge >= 0.3 is 0 Å². The smallest absolute Gasteiger partial charge is 0.162 e. The van der Waals surface area contributed by atoms with Crippen molar-refractivity contribution in [3.8, 4) is 5.75 Å². The molecule has 0 bridgehead atoms. The summed E-state index contributed by atoms with van der Waals surface area (Å²) in [5.74, 6) is -1.53. The Bertz CT molecular complexity index is 531. The normalized spacial score (nSPS) is 10.6. The van der Waals surface area contributed by atoms with Gasteiger partial charge in [0.2, 0.25) is 0 Å². The predicted molar refractivity (Wildman–Crippen MR) is 65.6 cm³/mol. The Labute approximate surface area is 107 Å². The molecule has 2 rings (SSSR count). The molecule has 1 heterocycles. The topological polar surface area (TPSA) is 48.1 Å². The third-order valence-corrected chi connectivity index (χ3v) is 3.28. The van der Waals surface area contributed by atoms with Crippen molar-refractivity contribution in [1.82, 2.24) is 4.98 Å². The maximum atomic E-state index is 12.9. The number of hydrogen-bond donors (Lipinski definition) is 1. The highest BCUT2D eigenvalue weighted by Gasteiger charge is 2.05. The third kappa shape index (κ3) is 3.24. The number of nitrogens with two attached hydrogens (primary N) is 1. The Morgan fingerprint density at radius 2 is 2.11 bits per heavy atom. The van der Waals surface area contributed by atoms with E-state index in [4.69, 9.17) is 10.5 Å². The number of nitrogens with zero attached hydrogens (tertiary/aromatic N) is 1. The van der Waals surface area contributed by atoms with Crippen LogP contribution in [0.25, 0.3) is 0 Å². The summed E-state index contributed by atoms with van der Waals surface area (Å²) in [7, 11) is 0. The van der Waals surface area contributed by atoms with Crippen LogP contribution < -0.4 is 10.5 Å². The second kappa shape index (κ2) is 5.88. The van der Waals surface area contributed by atoms with Gasteiger partial charge in [-0.15, -0.1) is 11.3 Å². The number of hydrogen-bond acceptors (Lipinski definition) is 4. The van der Waals surface area contributed by atoms with E-state index in [-0.39, 0.29) is 12.4 Å². The number of ether oxygens (including phenoxy) is 1. The van der Waals surface area contributed by atoms with Crippen molar-refractivity contribution in [1.29, 1.82) is 0 Å². The van der Waals surface area contributed by atoms with Gasteiger partial charge in [0.05, 0.1) is 0 Å². The van der Waals surface area contributed by atoms with Gasteiger partial charge < -0.3 is 10.5 Å². The van der Waals surface area contributed by atoms with E-state index in [0.29, 0.717) is 6.54 Å². The van der Waals surface area contributed by atoms with Crippen LogP contribution in [0.3, 0.4) is 0 Å². The third-order valence-electron chi connectivity index (χ3n) is 2.25. The van der Waals surface area contributed by atoms with E-state index in [1.165, 1.54) is 17.4 Å². The summed E-state index contributed by atoms with van der Waals surface area (Å²) in [6, 6.07) is 3.43. The summed E-state index contributed by atoms with van der Waals surface area (Å²) in [4.78, 5) is 5.24. The van der Waals surface area contributed by atoms with Gasteiger partial charge in [0, 0.05) is 17.1 Å². The zero-order valence-electron chi connectivity index (χ0n) is 9.53. The lowest BCUT2D eigenvalue weighted by Gasteiger charge is -2.03. The van der Waals surface area contributed by atoms with E-state index in [1.54, 1.807) is 6.20 Å². The van der Waals surface area contributed by atoms with Crippen LogP contribution in [0, 0.1) is 11.6 Å². The highest BCUT2D eigenvalue weighted by molar-refractivity contribution is 7.11. The van der Waals surface area contributed by atoms with Gasteiger partial charge in [-0.2, -0.15) is 0 Å². The molecule has 96 valence electrons. The molecule has 0 spiro atoms. The predicted octanol–water partition coefficient (Wildman–Crippen LogP) is 2.50. The van der Waals surface area contributed by atoms with Crippen molar-refractivity contribution in [3.63, 3.8) is 0 Å². The van der Waals surface area contributed by atoms with Crippen molar-refractivity contribution in [2.45, 2.75) is 13.0 Å². The highest BCUT2D eigenvalue weighted by Crippen LogP contribution is 2.19. The minimum absolute atomic E-state index is 0.236. The lowest BCUT2D eigenvalue weighted by Crippen LogP contribution is -2.00. The molecular weight excluding hydrogens is 258 g/mol. The fourth-order valence-corrected chi connectivity index (χ4v) is 2.24. The first-order chi connectivity index (χ1) is 8.69. The molecule has 18 heavy (non-hydrogen) atoms. The lowest BCUT2D eigenvalue weighted by molar-refractivity contribution is 0.302. The summed E-state index contributed by atoms with van der Waals surface area (Å²) in [5.41, 5.74) is 5.44. The Hall–Kier alpha value is -1.53. The van der Waals surface area contributed by atoms with E-state index in [1.807, 2.05) is 0 Å². The first-order valence-electron chi connectivity index (χ1n) is 5.40. The van der Waals surface area contributed by atoms with Gasteiger partial charge in [-0.1, -0.05) is 0 Å². The molecule has 1 aromatic heterocycles. The Balaban J connectivity index is 1.95. The molecule has 0 aliphatic rings. The van der Waals surface area contributed by atoms with Crippen molar-refractivity contribution >= 4 is 11.3 Å². The van der Waals surface area contributed by atoms with Crippen molar-refractivity contribution in [2.75, 3.05) is 6.54 Å². The average Bonchev–Trinajstić information content (AvgIpc) is 2.79. The Morgan fingerprint density at radius 1 is 1.28 bits per heavy atom. The number of benzene rings is 1. The molecule has 2 aromatic rings. The number of thiazole rings is 1. The first-order valence-corrected chi connectivity index (χ1v) is 6.22. The van der Waals surface area contributed by atoms with E-state index in [9.17, 15) is 8.78 Å². The van der Waals surface area contributed by atoms with Crippen molar-refractivity contribution in [2.24, 2.45) is 5.73 Å². The molecule has 0 fully saturated rings. The highest BCUT2D eigenvalue weighted by atomic mass is 32.1. The number of aromatic nitrogens is 1. The fourth-order valence-electron chi connectivity index (χ4n) is 1.38. The van der Waals surface area contributed by atoms with Crippen LogP contribution in [0.2, 0.25) is 0 Å². The van der Waals surface area contributed by atoms with Gasteiger partial charge in [-0.05, 0) is 25.1 Å². The molecule has 0 aliphatic carbocycles. The Morgan fingerprint density at radius 3 is 2.83 bits per heavy atom. The molecule has 3 nitrogen and oxygen atoms in total. The van der Waals surface area contributed by atoms with Gasteiger partial charge in [0.1, 0.15) is 17.4 Å². The molecule has 6 heteroatoms. The summed E-state index contributed by atoms with van der Waals surface area (Å²) in [6.45, 7) is 0.811. The second-order valence-corrected chi connectivity index (χ2v) is 4.82. The van der Waals surface area contributed by atoms with E-state index >= 15 is 0 Å². The second-order valence-electron chi connectivity index (χ2n) is 3.62. The lowest BCUT2D eigenvalue weighted by atomic mass is 10.3. The van der Waals surface area contributed by atoms with E-state index in [0.717, 1.165) is 28.4 Å². The molecule has 0 saturated carbocycles. The van der Waals surface area contributed by atoms with Crippen LogP contribution in [0.15, 0.2) is 24.4 Å². The number of rotatable bonds is 5. The summed E-state index contributed by atoms with van der Waals surface area (Å²) in [6.07, 6.45) is 2.53. The van der Waals surface area contributed by atoms with Crippen molar-refractivity contribution in [3.05, 3.63) is 45.9 Å². The SMILES string of the molecule is NCCc1cnc(COc2ccc(F)c(F)c2)s1. The maximum Gasteiger partial charge on any atom is 0.162 e. The Kier molecular flexibility index (Phi) is 4.22. The van der Waals surface area contributed by atoms with Crippen LogP contribution in [0.1, 0.15) is 9.88 Å². The molecule has 0 radical (unpaired) electrons. The van der Waals surface area contributed by atoms with Crippen LogP contribution >= 0.6 is 11.3 Å². The van der Waals surface area contributed by atoms with Crippen molar-refractivity contribution < 1.29 is 13.5 Å². The maximum absolute atomic E-state index is 12.9. The van der Waals surface area contributed by atoms with Gasteiger partial charge in [0.15, 0.2) is 11.6 Å². The molecule has 0 unspecified atom stereocenters. The molecule has 0 atom stereocenters. The quantitative estimate of drug-likeness (QED) is 0.908. The molecule has 0 aliphatic heterocycles. The molecule has 0 saturated heterocycles. The monoisotopic (exact) mass is 270 g/mol. The molecule has 0 amide bonds. The van der Waals surface area contributed by atoms with E-state index in [2.05, 4.69) is 4.98 Å². The zero-order chi connectivity index (χ0) is 13.0.